The number of anilines is 1. The van der Waals surface area contributed by atoms with E-state index in [0.29, 0.717) is 12.2 Å². The van der Waals surface area contributed by atoms with Crippen LogP contribution in [0.3, 0.4) is 0 Å². The number of furan rings is 1. The van der Waals surface area contributed by atoms with Crippen molar-refractivity contribution in [2.45, 2.75) is 25.8 Å². The van der Waals surface area contributed by atoms with Crippen molar-refractivity contribution in [2.75, 3.05) is 5.32 Å². The maximum absolute atomic E-state index is 14.0. The van der Waals surface area contributed by atoms with Crippen molar-refractivity contribution in [1.29, 1.82) is 0 Å². The highest BCUT2D eigenvalue weighted by molar-refractivity contribution is 9.10. The molecular weight excluding hydrogens is 410 g/mol. The lowest BCUT2D eigenvalue weighted by molar-refractivity contribution is -0.0290. The van der Waals surface area contributed by atoms with Crippen LogP contribution in [0.25, 0.3) is 11.1 Å². The highest BCUT2D eigenvalue weighted by atomic mass is 79.9. The Hall–Kier alpha value is -1.18. The Morgan fingerprint density at radius 3 is 2.91 bits per heavy atom. The number of hydrogen-bond donors (Lipinski definition) is 1. The average Bonchev–Trinajstić information content (AvgIpc) is 3.14. The van der Waals surface area contributed by atoms with Crippen LogP contribution >= 0.6 is 38.9 Å². The number of aromatic nitrogens is 1. The molecule has 3 rings (SSSR count). The largest absolute Gasteiger partial charge is 0.450 e. The van der Waals surface area contributed by atoms with Gasteiger partial charge in [-0.1, -0.05) is 24.6 Å². The Labute approximate surface area is 148 Å². The van der Waals surface area contributed by atoms with E-state index < -0.39 is 11.7 Å². The van der Waals surface area contributed by atoms with Crippen molar-refractivity contribution >= 4 is 55.7 Å². The minimum atomic E-state index is -3.07. The molecule has 1 N–H and O–H groups in total. The molecule has 3 heterocycles. The van der Waals surface area contributed by atoms with Crippen molar-refractivity contribution in [3.63, 3.8) is 0 Å². The van der Waals surface area contributed by atoms with Crippen LogP contribution in [0.1, 0.15) is 24.0 Å². The van der Waals surface area contributed by atoms with Gasteiger partial charge in [-0.15, -0.1) is 11.3 Å². The standard InChI is InChI=1S/C15H12BrClF2N2OS/c1-2-15(18,19)14-11(16)12-13(22-14)9(6-10(17)21-12)20-7-8-4-3-5-23-8/h3-6H,2,7H2,1H3,(H,20,21). The van der Waals surface area contributed by atoms with Gasteiger partial charge in [0.1, 0.15) is 10.7 Å². The predicted octanol–water partition coefficient (Wildman–Crippen LogP) is 6.42. The number of thiophene rings is 1. The first-order valence-corrected chi connectivity index (χ1v) is 8.90. The normalized spacial score (nSPS) is 12.0. The summed E-state index contributed by atoms with van der Waals surface area (Å²) in [4.78, 5) is 5.21. The van der Waals surface area contributed by atoms with Gasteiger partial charge in [0.15, 0.2) is 11.3 Å². The fourth-order valence-electron chi connectivity index (χ4n) is 2.13. The summed E-state index contributed by atoms with van der Waals surface area (Å²) < 4.78 is 33.6. The third-order valence-corrected chi connectivity index (χ3v) is 5.17. The Bertz CT molecular complexity index is 836. The number of halogens is 4. The smallest absolute Gasteiger partial charge is 0.305 e. The van der Waals surface area contributed by atoms with Crippen LogP contribution in [0.5, 0.6) is 0 Å². The van der Waals surface area contributed by atoms with Gasteiger partial charge in [0.05, 0.1) is 10.2 Å². The monoisotopic (exact) mass is 420 g/mol. The highest BCUT2D eigenvalue weighted by Crippen LogP contribution is 2.43. The van der Waals surface area contributed by atoms with Gasteiger partial charge in [0.25, 0.3) is 0 Å². The summed E-state index contributed by atoms with van der Waals surface area (Å²) >= 11 is 10.8. The van der Waals surface area contributed by atoms with Crippen molar-refractivity contribution in [2.24, 2.45) is 0 Å². The number of pyridine rings is 1. The molecule has 0 spiro atoms. The lowest BCUT2D eigenvalue weighted by Crippen LogP contribution is -2.10. The summed E-state index contributed by atoms with van der Waals surface area (Å²) in [6.07, 6.45) is -0.364. The topological polar surface area (TPSA) is 38.1 Å². The van der Waals surface area contributed by atoms with Gasteiger partial charge >= 0.3 is 5.92 Å². The van der Waals surface area contributed by atoms with E-state index in [0.717, 1.165) is 4.88 Å². The third-order valence-electron chi connectivity index (χ3n) is 3.36. The lowest BCUT2D eigenvalue weighted by Gasteiger charge is -2.10. The van der Waals surface area contributed by atoms with Crippen LogP contribution in [0.15, 0.2) is 32.5 Å². The second-order valence-corrected chi connectivity index (χ2v) is 7.12. The SMILES string of the molecule is CCC(F)(F)c1oc2c(NCc3cccs3)cc(Cl)nc2c1Br. The Morgan fingerprint density at radius 2 is 2.26 bits per heavy atom. The van der Waals surface area contributed by atoms with Gasteiger partial charge in [-0.3, -0.25) is 0 Å². The first kappa shape index (κ1) is 16.7. The average molecular weight is 422 g/mol. The molecule has 3 nitrogen and oxygen atoms in total. The molecule has 3 aromatic heterocycles. The van der Waals surface area contributed by atoms with E-state index >= 15 is 0 Å². The molecule has 0 amide bonds. The van der Waals surface area contributed by atoms with Gasteiger partial charge in [-0.05, 0) is 27.4 Å². The molecule has 0 aliphatic carbocycles. The molecule has 23 heavy (non-hydrogen) atoms. The van der Waals surface area contributed by atoms with Crippen LogP contribution in [-0.4, -0.2) is 4.98 Å². The maximum atomic E-state index is 14.0. The zero-order chi connectivity index (χ0) is 16.6. The molecule has 122 valence electrons. The van der Waals surface area contributed by atoms with Crippen molar-refractivity contribution in [1.82, 2.24) is 4.98 Å². The Kier molecular flexibility index (Phi) is 4.62. The fourth-order valence-corrected chi connectivity index (χ4v) is 3.61. The molecule has 0 unspecified atom stereocenters. The Balaban J connectivity index is 2.05. The minimum Gasteiger partial charge on any atom is -0.450 e. The fraction of sp³-hybridized carbons (Fsp3) is 0.267. The van der Waals surface area contributed by atoms with Crippen LogP contribution < -0.4 is 5.32 Å². The lowest BCUT2D eigenvalue weighted by atomic mass is 10.2. The summed E-state index contributed by atoms with van der Waals surface area (Å²) in [5, 5.41) is 5.34. The van der Waals surface area contributed by atoms with Crippen molar-refractivity contribution in [3.8, 4) is 0 Å². The molecule has 0 aliphatic heterocycles. The second-order valence-electron chi connectivity index (χ2n) is 4.91. The zero-order valence-corrected chi connectivity index (χ0v) is 15.2. The molecule has 0 fully saturated rings. The number of alkyl halides is 2. The predicted molar refractivity (Wildman–Crippen MR) is 92.5 cm³/mol. The molecule has 0 bridgehead atoms. The minimum absolute atomic E-state index is 0.140. The van der Waals surface area contributed by atoms with Gasteiger partial charge in [-0.2, -0.15) is 8.78 Å². The molecule has 0 saturated carbocycles. The molecule has 0 saturated heterocycles. The summed E-state index contributed by atoms with van der Waals surface area (Å²) in [5.41, 5.74) is 1.09. The van der Waals surface area contributed by atoms with Crippen LogP contribution in [0.4, 0.5) is 14.5 Å². The summed E-state index contributed by atoms with van der Waals surface area (Å²) in [5.74, 6) is -3.50. The van der Waals surface area contributed by atoms with E-state index in [1.54, 1.807) is 17.4 Å². The summed E-state index contributed by atoms with van der Waals surface area (Å²) in [6, 6.07) is 5.49. The van der Waals surface area contributed by atoms with Gasteiger partial charge < -0.3 is 9.73 Å². The van der Waals surface area contributed by atoms with E-state index in [4.69, 9.17) is 16.0 Å². The first-order valence-electron chi connectivity index (χ1n) is 6.85. The quantitative estimate of drug-likeness (QED) is 0.483. The summed E-state index contributed by atoms with van der Waals surface area (Å²) in [6.45, 7) is 1.95. The molecular formula is C15H12BrClF2N2OS. The summed E-state index contributed by atoms with van der Waals surface area (Å²) in [7, 11) is 0. The second kappa shape index (κ2) is 6.37. The van der Waals surface area contributed by atoms with Crippen molar-refractivity contribution < 1.29 is 13.2 Å². The van der Waals surface area contributed by atoms with Gasteiger partial charge in [0, 0.05) is 23.9 Å². The van der Waals surface area contributed by atoms with Crippen LogP contribution in [-0.2, 0) is 12.5 Å². The zero-order valence-electron chi connectivity index (χ0n) is 12.0. The van der Waals surface area contributed by atoms with E-state index in [1.165, 1.54) is 6.92 Å². The highest BCUT2D eigenvalue weighted by Gasteiger charge is 2.37. The van der Waals surface area contributed by atoms with Crippen LogP contribution in [0, 0.1) is 0 Å². The Morgan fingerprint density at radius 1 is 1.48 bits per heavy atom. The number of rotatable bonds is 5. The maximum Gasteiger partial charge on any atom is 0.305 e. The molecule has 3 aromatic rings. The molecule has 8 heteroatoms. The number of nitrogens with zero attached hydrogens (tertiary/aromatic N) is 1. The number of fused-ring (bicyclic) bond motifs is 1. The molecule has 0 atom stereocenters. The van der Waals surface area contributed by atoms with Gasteiger partial charge in [0.2, 0.25) is 0 Å². The number of nitrogens with one attached hydrogen (secondary N) is 1. The van der Waals surface area contributed by atoms with E-state index in [9.17, 15) is 8.78 Å². The number of hydrogen-bond acceptors (Lipinski definition) is 4. The third kappa shape index (κ3) is 3.22. The molecule has 0 radical (unpaired) electrons. The molecule has 0 aromatic carbocycles. The molecule has 0 aliphatic rings. The first-order chi connectivity index (χ1) is 10.9. The van der Waals surface area contributed by atoms with Crippen LogP contribution in [0.2, 0.25) is 5.15 Å². The van der Waals surface area contributed by atoms with Crippen molar-refractivity contribution in [3.05, 3.63) is 43.8 Å². The van der Waals surface area contributed by atoms with E-state index in [2.05, 4.69) is 26.2 Å². The van der Waals surface area contributed by atoms with E-state index in [-0.39, 0.29) is 27.1 Å². The van der Waals surface area contributed by atoms with Gasteiger partial charge in [-0.25, -0.2) is 4.98 Å². The van der Waals surface area contributed by atoms with E-state index in [1.807, 2.05) is 17.5 Å².